The van der Waals surface area contributed by atoms with Crippen LogP contribution in [-0.4, -0.2) is 85.3 Å². The van der Waals surface area contributed by atoms with Crippen molar-refractivity contribution in [3.8, 4) is 0 Å². The molecule has 5 nitrogen and oxygen atoms in total. The largest absolute Gasteiger partial charge is 0.379 e. The van der Waals surface area contributed by atoms with Crippen molar-refractivity contribution < 1.29 is 4.74 Å². The van der Waals surface area contributed by atoms with Crippen molar-refractivity contribution in [2.45, 2.75) is 38.5 Å². The first-order chi connectivity index (χ1) is 10.7. The first-order valence-corrected chi connectivity index (χ1v) is 9.76. The van der Waals surface area contributed by atoms with Gasteiger partial charge in [0.1, 0.15) is 0 Å². The Labute approximate surface area is 163 Å². The Hall–Kier alpha value is 0.270. The number of hydrogen-bond donors (Lipinski definition) is 1. The van der Waals surface area contributed by atoms with Gasteiger partial charge in [0.25, 0.3) is 0 Å². The summed E-state index contributed by atoms with van der Waals surface area (Å²) in [5.74, 6) is 2.31. The molecule has 23 heavy (non-hydrogen) atoms. The Morgan fingerprint density at radius 3 is 2.87 bits per heavy atom. The van der Waals surface area contributed by atoms with E-state index in [1.165, 1.54) is 12.2 Å². The Morgan fingerprint density at radius 1 is 1.35 bits per heavy atom. The lowest BCUT2D eigenvalue weighted by Crippen LogP contribution is -2.48. The van der Waals surface area contributed by atoms with Crippen molar-refractivity contribution in [1.29, 1.82) is 0 Å². The van der Waals surface area contributed by atoms with Crippen LogP contribution < -0.4 is 5.32 Å². The van der Waals surface area contributed by atoms with Gasteiger partial charge in [0.05, 0.1) is 19.8 Å². The van der Waals surface area contributed by atoms with Gasteiger partial charge in [-0.2, -0.15) is 11.8 Å². The fourth-order valence-corrected chi connectivity index (χ4v) is 4.14. The van der Waals surface area contributed by atoms with E-state index in [9.17, 15) is 0 Å². The van der Waals surface area contributed by atoms with E-state index >= 15 is 0 Å². The third-order valence-electron chi connectivity index (χ3n) is 4.38. The number of ether oxygens (including phenoxy) is 1. The Balaban J connectivity index is 0.00000264. The minimum absolute atomic E-state index is 0. The molecule has 2 unspecified atom stereocenters. The molecule has 136 valence electrons. The van der Waals surface area contributed by atoms with Crippen molar-refractivity contribution >= 4 is 41.7 Å². The van der Waals surface area contributed by atoms with Crippen LogP contribution in [0, 0.1) is 0 Å². The molecule has 0 bridgehead atoms. The maximum Gasteiger partial charge on any atom is 0.194 e. The molecule has 0 radical (unpaired) electrons. The number of hydrogen-bond acceptors (Lipinski definition) is 4. The van der Waals surface area contributed by atoms with Crippen LogP contribution in [0.4, 0.5) is 0 Å². The highest BCUT2D eigenvalue weighted by atomic mass is 127. The van der Waals surface area contributed by atoms with Crippen LogP contribution in [0.15, 0.2) is 4.99 Å². The summed E-state index contributed by atoms with van der Waals surface area (Å²) in [6.07, 6.45) is 1.24. The third-order valence-corrected chi connectivity index (χ3v) is 5.75. The molecule has 2 rings (SSSR count). The number of thioether (sulfide) groups is 1. The fraction of sp³-hybridized carbons (Fsp3) is 0.938. The van der Waals surface area contributed by atoms with E-state index in [-0.39, 0.29) is 24.0 Å². The van der Waals surface area contributed by atoms with Gasteiger partial charge in [0, 0.05) is 49.8 Å². The summed E-state index contributed by atoms with van der Waals surface area (Å²) in [7, 11) is 0. The number of nitrogens with zero attached hydrogens (tertiary/aromatic N) is 3. The number of guanidine groups is 1. The lowest BCUT2D eigenvalue weighted by molar-refractivity contribution is 0.00139. The molecule has 2 aliphatic heterocycles. The summed E-state index contributed by atoms with van der Waals surface area (Å²) in [6.45, 7) is 14.5. The van der Waals surface area contributed by atoms with Crippen LogP contribution in [0.25, 0.3) is 0 Å². The summed E-state index contributed by atoms with van der Waals surface area (Å²) in [5.41, 5.74) is 0. The molecule has 0 amide bonds. The van der Waals surface area contributed by atoms with Gasteiger partial charge in [-0.25, -0.2) is 0 Å². The Kier molecular flexibility index (Phi) is 10.9. The average Bonchev–Trinajstić information content (AvgIpc) is 2.56. The van der Waals surface area contributed by atoms with Crippen molar-refractivity contribution in [3.63, 3.8) is 0 Å². The zero-order valence-electron chi connectivity index (χ0n) is 14.8. The highest BCUT2D eigenvalue weighted by molar-refractivity contribution is 14.0. The first-order valence-electron chi connectivity index (χ1n) is 8.71. The molecule has 0 aromatic heterocycles. The molecule has 0 spiro atoms. The van der Waals surface area contributed by atoms with E-state index in [2.05, 4.69) is 47.6 Å². The molecular weight excluding hydrogens is 423 g/mol. The molecule has 2 heterocycles. The summed E-state index contributed by atoms with van der Waals surface area (Å²) >= 11 is 2.10. The lowest BCUT2D eigenvalue weighted by atomic mass is 10.2. The number of halogens is 1. The van der Waals surface area contributed by atoms with Gasteiger partial charge in [-0.15, -0.1) is 24.0 Å². The minimum atomic E-state index is 0. The van der Waals surface area contributed by atoms with Crippen LogP contribution in [-0.2, 0) is 4.74 Å². The van der Waals surface area contributed by atoms with Gasteiger partial charge in [-0.05, 0) is 20.3 Å². The number of nitrogens with one attached hydrogen (secondary N) is 1. The summed E-state index contributed by atoms with van der Waals surface area (Å²) in [4.78, 5) is 9.80. The number of morpholine rings is 1. The second kappa shape index (κ2) is 11.8. The Bertz CT molecular complexity index is 359. The molecule has 0 aromatic rings. The molecule has 0 aliphatic carbocycles. The monoisotopic (exact) mass is 456 g/mol. The zero-order chi connectivity index (χ0) is 15.8. The molecule has 2 atom stereocenters. The maximum atomic E-state index is 5.50. The van der Waals surface area contributed by atoms with Crippen molar-refractivity contribution in [3.05, 3.63) is 0 Å². The zero-order valence-corrected chi connectivity index (χ0v) is 17.9. The SMILES string of the molecule is CCNC(=NCCN1CCOCC1C)N1CCSC(CC)C1.I. The normalized spacial score (nSPS) is 26.7. The van der Waals surface area contributed by atoms with Crippen LogP contribution in [0.3, 0.4) is 0 Å². The lowest BCUT2D eigenvalue weighted by Gasteiger charge is -2.35. The maximum absolute atomic E-state index is 5.50. The minimum Gasteiger partial charge on any atom is -0.379 e. The number of rotatable bonds is 5. The van der Waals surface area contributed by atoms with E-state index in [0.29, 0.717) is 6.04 Å². The van der Waals surface area contributed by atoms with Crippen molar-refractivity contribution in [1.82, 2.24) is 15.1 Å². The highest BCUT2D eigenvalue weighted by Crippen LogP contribution is 2.21. The van der Waals surface area contributed by atoms with Crippen LogP contribution >= 0.6 is 35.7 Å². The van der Waals surface area contributed by atoms with Crippen molar-refractivity contribution in [2.24, 2.45) is 4.99 Å². The molecule has 1 N–H and O–H groups in total. The van der Waals surface area contributed by atoms with Gasteiger partial charge >= 0.3 is 0 Å². The molecule has 7 heteroatoms. The van der Waals surface area contributed by atoms with Gasteiger partial charge in [-0.3, -0.25) is 9.89 Å². The topological polar surface area (TPSA) is 40.1 Å². The summed E-state index contributed by atoms with van der Waals surface area (Å²) < 4.78 is 5.50. The van der Waals surface area contributed by atoms with E-state index in [1.807, 2.05) is 0 Å². The van der Waals surface area contributed by atoms with Gasteiger partial charge in [0.2, 0.25) is 0 Å². The number of aliphatic imine (C=N–C) groups is 1. The molecular formula is C16H33IN4OS. The predicted octanol–water partition coefficient (Wildman–Crippen LogP) is 2.12. The average molecular weight is 456 g/mol. The van der Waals surface area contributed by atoms with E-state index in [1.54, 1.807) is 0 Å². The van der Waals surface area contributed by atoms with Gasteiger partial charge in [0.15, 0.2) is 5.96 Å². The van der Waals surface area contributed by atoms with E-state index < -0.39 is 0 Å². The fourth-order valence-electron chi connectivity index (χ4n) is 2.96. The predicted molar refractivity (Wildman–Crippen MR) is 111 cm³/mol. The first kappa shape index (κ1) is 21.3. The highest BCUT2D eigenvalue weighted by Gasteiger charge is 2.22. The second-order valence-electron chi connectivity index (χ2n) is 6.04. The summed E-state index contributed by atoms with van der Waals surface area (Å²) in [6, 6.07) is 0.516. The van der Waals surface area contributed by atoms with E-state index in [0.717, 1.165) is 63.7 Å². The van der Waals surface area contributed by atoms with Crippen molar-refractivity contribution in [2.75, 3.05) is 58.2 Å². The molecule has 0 aromatic carbocycles. The summed E-state index contributed by atoms with van der Waals surface area (Å²) in [5, 5.41) is 4.22. The smallest absolute Gasteiger partial charge is 0.194 e. The quantitative estimate of drug-likeness (QED) is 0.390. The molecule has 2 aliphatic rings. The van der Waals surface area contributed by atoms with E-state index in [4.69, 9.17) is 9.73 Å². The van der Waals surface area contributed by atoms with Crippen LogP contribution in [0.2, 0.25) is 0 Å². The standard InChI is InChI=1S/C16H32N4OS.HI/c1-4-15-12-20(9-11-22-15)16(17-5-2)18-6-7-19-8-10-21-13-14(19)3;/h14-15H,4-13H2,1-3H3,(H,17,18);1H. The molecule has 0 saturated carbocycles. The van der Waals surface area contributed by atoms with Crippen LogP contribution in [0.1, 0.15) is 27.2 Å². The van der Waals surface area contributed by atoms with Crippen LogP contribution in [0.5, 0.6) is 0 Å². The van der Waals surface area contributed by atoms with Gasteiger partial charge < -0.3 is 15.0 Å². The van der Waals surface area contributed by atoms with Gasteiger partial charge in [-0.1, -0.05) is 6.92 Å². The second-order valence-corrected chi connectivity index (χ2v) is 7.45. The third kappa shape index (κ3) is 6.96. The molecule has 2 saturated heterocycles. The Morgan fingerprint density at radius 2 is 2.17 bits per heavy atom. The molecule has 2 fully saturated rings.